The van der Waals surface area contributed by atoms with E-state index < -0.39 is 5.54 Å². The van der Waals surface area contributed by atoms with Gasteiger partial charge in [0.15, 0.2) is 0 Å². The summed E-state index contributed by atoms with van der Waals surface area (Å²) in [6, 6.07) is 0. The molecule has 1 rings (SSSR count). The highest BCUT2D eigenvalue weighted by atomic mass is 35.5. The number of amides is 1. The molecule has 0 saturated carbocycles. The quantitative estimate of drug-likeness (QED) is 0.873. The topological polar surface area (TPSA) is 68.0 Å². The van der Waals surface area contributed by atoms with E-state index in [0.29, 0.717) is 18.2 Å². The summed E-state index contributed by atoms with van der Waals surface area (Å²) in [5.74, 6) is 0.412. The second-order valence-electron chi connectivity index (χ2n) is 5.40. The van der Waals surface area contributed by atoms with Crippen LogP contribution < -0.4 is 11.1 Å². The van der Waals surface area contributed by atoms with Crippen LogP contribution in [0.25, 0.3) is 0 Å². The zero-order valence-electron chi connectivity index (χ0n) is 11.7. The van der Waals surface area contributed by atoms with Crippen molar-refractivity contribution in [2.24, 2.45) is 11.7 Å². The van der Waals surface area contributed by atoms with Crippen molar-refractivity contribution in [3.63, 3.8) is 0 Å². The highest BCUT2D eigenvalue weighted by Gasteiger charge is 2.15. The lowest BCUT2D eigenvalue weighted by atomic mass is 10.1. The second-order valence-corrected chi connectivity index (χ2v) is 6.34. The van der Waals surface area contributed by atoms with Crippen molar-refractivity contribution in [3.05, 3.63) is 16.1 Å². The Labute approximate surface area is 131 Å². The van der Waals surface area contributed by atoms with Gasteiger partial charge in [-0.15, -0.1) is 36.2 Å². The maximum atomic E-state index is 11.8. The molecule has 7 heteroatoms. The molecule has 0 atom stereocenters. The molecule has 0 aliphatic heterocycles. The number of carbonyl (C=O) groups excluding carboxylic acids is 1. The van der Waals surface area contributed by atoms with Crippen LogP contribution in [0, 0.1) is 5.92 Å². The van der Waals surface area contributed by atoms with E-state index >= 15 is 0 Å². The minimum absolute atomic E-state index is 0. The molecule has 1 heterocycles. The van der Waals surface area contributed by atoms with Gasteiger partial charge in [-0.1, -0.05) is 13.8 Å². The molecule has 1 aromatic rings. The molecular weight excluding hydrogens is 305 g/mol. The second kappa shape index (κ2) is 8.74. The number of hydrogen-bond acceptors (Lipinski definition) is 4. The number of nitrogens with one attached hydrogen (secondary N) is 1. The van der Waals surface area contributed by atoms with E-state index in [4.69, 9.17) is 5.73 Å². The fraction of sp³-hybridized carbons (Fsp3) is 0.667. The lowest BCUT2D eigenvalue weighted by molar-refractivity contribution is 0.0941. The van der Waals surface area contributed by atoms with Crippen LogP contribution in [0.5, 0.6) is 0 Å². The first-order valence-corrected chi connectivity index (χ1v) is 6.67. The maximum absolute atomic E-state index is 11.8. The molecule has 112 valence electrons. The largest absolute Gasteiger partial charge is 0.349 e. The normalized spacial score (nSPS) is 10.6. The Hall–Kier alpha value is -0.360. The van der Waals surface area contributed by atoms with Crippen LogP contribution >= 0.6 is 36.2 Å². The van der Waals surface area contributed by atoms with Crippen LogP contribution in [0.3, 0.4) is 0 Å². The third-order valence-corrected chi connectivity index (χ3v) is 2.94. The van der Waals surface area contributed by atoms with Gasteiger partial charge >= 0.3 is 0 Å². The van der Waals surface area contributed by atoms with Crippen LogP contribution in [0.2, 0.25) is 0 Å². The Bertz CT molecular complexity index is 389. The molecule has 0 aliphatic rings. The third kappa shape index (κ3) is 8.42. The highest BCUT2D eigenvalue weighted by Crippen LogP contribution is 2.14. The molecule has 0 spiro atoms. The Morgan fingerprint density at radius 1 is 1.47 bits per heavy atom. The number of carbonyl (C=O) groups is 1. The summed E-state index contributed by atoms with van der Waals surface area (Å²) in [4.78, 5) is 16.1. The number of aromatic nitrogens is 1. The van der Waals surface area contributed by atoms with Crippen LogP contribution in [0.1, 0.15) is 43.2 Å². The van der Waals surface area contributed by atoms with Gasteiger partial charge in [0.2, 0.25) is 0 Å². The molecule has 0 saturated heterocycles. The van der Waals surface area contributed by atoms with Crippen molar-refractivity contribution in [3.8, 4) is 0 Å². The predicted octanol–water partition coefficient (Wildman–Crippen LogP) is 2.65. The number of nitrogens with zero attached hydrogens (tertiary/aromatic N) is 1. The monoisotopic (exact) mass is 327 g/mol. The van der Waals surface area contributed by atoms with Crippen LogP contribution in [-0.2, 0) is 6.42 Å². The Morgan fingerprint density at radius 3 is 2.53 bits per heavy atom. The van der Waals surface area contributed by atoms with Gasteiger partial charge < -0.3 is 11.1 Å². The molecule has 19 heavy (non-hydrogen) atoms. The number of hydrogen-bond donors (Lipinski definition) is 2. The van der Waals surface area contributed by atoms with E-state index in [1.54, 1.807) is 5.38 Å². The van der Waals surface area contributed by atoms with E-state index in [9.17, 15) is 4.79 Å². The van der Waals surface area contributed by atoms with Crippen molar-refractivity contribution in [2.75, 3.05) is 6.54 Å². The summed E-state index contributed by atoms with van der Waals surface area (Å²) in [6.07, 6.45) is 0.917. The maximum Gasteiger partial charge on any atom is 0.270 e. The molecular formula is C12H23Cl2N3OS. The van der Waals surface area contributed by atoms with Gasteiger partial charge in [0.25, 0.3) is 5.91 Å². The smallest absolute Gasteiger partial charge is 0.270 e. The van der Waals surface area contributed by atoms with E-state index in [0.717, 1.165) is 11.4 Å². The molecule has 0 fully saturated rings. The molecule has 0 aromatic carbocycles. The van der Waals surface area contributed by atoms with Crippen molar-refractivity contribution >= 4 is 42.1 Å². The van der Waals surface area contributed by atoms with Gasteiger partial charge in [0.05, 0.1) is 5.01 Å². The van der Waals surface area contributed by atoms with Gasteiger partial charge in [-0.3, -0.25) is 4.79 Å². The van der Waals surface area contributed by atoms with Gasteiger partial charge in [-0.05, 0) is 19.8 Å². The third-order valence-electron chi connectivity index (χ3n) is 2.07. The number of nitrogens with two attached hydrogens (primary N) is 1. The van der Waals surface area contributed by atoms with E-state index in [2.05, 4.69) is 24.1 Å². The SMILES string of the molecule is CC(C)Cc1nc(C(=O)NCC(C)(C)N)cs1.Cl.Cl. The van der Waals surface area contributed by atoms with Crippen LogP contribution in [-0.4, -0.2) is 23.0 Å². The van der Waals surface area contributed by atoms with Gasteiger partial charge in [-0.2, -0.15) is 0 Å². The van der Waals surface area contributed by atoms with E-state index in [1.165, 1.54) is 11.3 Å². The lowest BCUT2D eigenvalue weighted by Crippen LogP contribution is -2.45. The van der Waals surface area contributed by atoms with Crippen molar-refractivity contribution < 1.29 is 4.79 Å². The molecule has 3 N–H and O–H groups in total. The number of thiazole rings is 1. The Morgan fingerprint density at radius 2 is 2.05 bits per heavy atom. The van der Waals surface area contributed by atoms with Crippen molar-refractivity contribution in [1.29, 1.82) is 0 Å². The summed E-state index contributed by atoms with van der Waals surface area (Å²) in [7, 11) is 0. The summed E-state index contributed by atoms with van der Waals surface area (Å²) in [5.41, 5.74) is 5.90. The van der Waals surface area contributed by atoms with Gasteiger partial charge in [-0.25, -0.2) is 4.98 Å². The van der Waals surface area contributed by atoms with E-state index in [1.807, 2.05) is 13.8 Å². The highest BCUT2D eigenvalue weighted by molar-refractivity contribution is 7.09. The predicted molar refractivity (Wildman–Crippen MR) is 85.8 cm³/mol. The first kappa shape index (κ1) is 20.9. The molecule has 0 aliphatic carbocycles. The fourth-order valence-electron chi connectivity index (χ4n) is 1.26. The zero-order chi connectivity index (χ0) is 13.1. The first-order valence-electron chi connectivity index (χ1n) is 5.79. The van der Waals surface area contributed by atoms with Crippen molar-refractivity contribution in [2.45, 2.75) is 39.7 Å². The molecule has 0 unspecified atom stereocenters. The minimum atomic E-state index is -0.396. The van der Waals surface area contributed by atoms with E-state index in [-0.39, 0.29) is 30.7 Å². The summed E-state index contributed by atoms with van der Waals surface area (Å²) >= 11 is 1.54. The number of halogens is 2. The minimum Gasteiger partial charge on any atom is -0.349 e. The summed E-state index contributed by atoms with van der Waals surface area (Å²) in [6.45, 7) is 8.47. The van der Waals surface area contributed by atoms with Gasteiger partial charge in [0, 0.05) is 23.9 Å². The van der Waals surface area contributed by atoms with Crippen LogP contribution in [0.4, 0.5) is 0 Å². The summed E-state index contributed by atoms with van der Waals surface area (Å²) in [5, 5.41) is 5.60. The molecule has 0 bridgehead atoms. The average Bonchev–Trinajstić information content (AvgIpc) is 2.60. The standard InChI is InChI=1S/C12H21N3OS.2ClH/c1-8(2)5-10-15-9(6-17-10)11(16)14-7-12(3,4)13;;/h6,8H,5,7,13H2,1-4H3,(H,14,16);2*1H. The first-order chi connectivity index (χ1) is 7.78. The van der Waals surface area contributed by atoms with Crippen molar-refractivity contribution in [1.82, 2.24) is 10.3 Å². The Balaban J connectivity index is 0. The molecule has 1 amide bonds. The Kier molecular flexibility index (Phi) is 9.64. The molecule has 0 radical (unpaired) electrons. The zero-order valence-corrected chi connectivity index (χ0v) is 14.2. The fourth-order valence-corrected chi connectivity index (χ4v) is 2.24. The molecule has 4 nitrogen and oxygen atoms in total. The summed E-state index contributed by atoms with van der Waals surface area (Å²) < 4.78 is 0. The van der Waals surface area contributed by atoms with Gasteiger partial charge in [0.1, 0.15) is 5.69 Å². The average molecular weight is 328 g/mol. The lowest BCUT2D eigenvalue weighted by Gasteiger charge is -2.18. The molecule has 1 aromatic heterocycles. The van der Waals surface area contributed by atoms with Crippen LogP contribution in [0.15, 0.2) is 5.38 Å². The number of rotatable bonds is 5.